The number of nitrogens with zero attached hydrogens (tertiary/aromatic N) is 1. The molecule has 0 spiro atoms. The minimum atomic E-state index is -0.773. The summed E-state index contributed by atoms with van der Waals surface area (Å²) in [5.74, 6) is 0.285. The summed E-state index contributed by atoms with van der Waals surface area (Å²) < 4.78 is 0. The Kier molecular flexibility index (Phi) is 4.32. The molecule has 0 aromatic carbocycles. The van der Waals surface area contributed by atoms with Crippen LogP contribution in [-0.4, -0.2) is 41.6 Å². The van der Waals surface area contributed by atoms with Crippen molar-refractivity contribution in [1.29, 1.82) is 0 Å². The highest BCUT2D eigenvalue weighted by Gasteiger charge is 2.37. The summed E-state index contributed by atoms with van der Waals surface area (Å²) in [6.07, 6.45) is 3.74. The molecule has 2 rings (SSSR count). The van der Waals surface area contributed by atoms with Gasteiger partial charge in [0.25, 0.3) is 0 Å². The van der Waals surface area contributed by atoms with Crippen molar-refractivity contribution in [1.82, 2.24) is 10.2 Å². The zero-order valence-electron chi connectivity index (χ0n) is 11.8. The van der Waals surface area contributed by atoms with Crippen LogP contribution in [0.3, 0.4) is 0 Å². The Bertz CT molecular complexity index is 353. The molecule has 5 nitrogen and oxygen atoms in total. The molecule has 2 N–H and O–H groups in total. The summed E-state index contributed by atoms with van der Waals surface area (Å²) in [6, 6.07) is -0.0343. The summed E-state index contributed by atoms with van der Waals surface area (Å²) in [5.41, 5.74) is 0. The molecule has 2 amide bonds. The number of carbonyl (C=O) groups excluding carboxylic acids is 1. The van der Waals surface area contributed by atoms with Crippen molar-refractivity contribution < 1.29 is 14.7 Å². The third-order valence-corrected chi connectivity index (χ3v) is 4.85. The number of carboxylic acids is 1. The Morgan fingerprint density at radius 1 is 1.37 bits per heavy atom. The van der Waals surface area contributed by atoms with Gasteiger partial charge in [-0.15, -0.1) is 0 Å². The largest absolute Gasteiger partial charge is 0.481 e. The van der Waals surface area contributed by atoms with E-state index >= 15 is 0 Å². The molecule has 0 bridgehead atoms. The fourth-order valence-corrected chi connectivity index (χ4v) is 3.05. The van der Waals surface area contributed by atoms with Crippen molar-refractivity contribution in [3.63, 3.8) is 0 Å². The number of hydrogen-bond acceptors (Lipinski definition) is 2. The van der Waals surface area contributed by atoms with Gasteiger partial charge in [0, 0.05) is 25.6 Å². The molecule has 2 fully saturated rings. The van der Waals surface area contributed by atoms with Gasteiger partial charge in [0.05, 0.1) is 5.92 Å². The third kappa shape index (κ3) is 3.19. The number of amides is 2. The number of rotatable bonds is 4. The summed E-state index contributed by atoms with van der Waals surface area (Å²) in [6.45, 7) is 5.86. The van der Waals surface area contributed by atoms with E-state index in [1.165, 1.54) is 19.3 Å². The van der Waals surface area contributed by atoms with E-state index in [1.54, 1.807) is 11.8 Å². The molecule has 0 radical (unpaired) electrons. The van der Waals surface area contributed by atoms with Gasteiger partial charge in [-0.05, 0) is 18.3 Å². The molecule has 1 saturated carbocycles. The van der Waals surface area contributed by atoms with Crippen molar-refractivity contribution in [3.8, 4) is 0 Å². The second-order valence-electron chi connectivity index (χ2n) is 6.15. The van der Waals surface area contributed by atoms with Gasteiger partial charge in [0.1, 0.15) is 0 Å². The van der Waals surface area contributed by atoms with E-state index in [0.717, 1.165) is 6.54 Å². The Balaban J connectivity index is 1.67. The topological polar surface area (TPSA) is 69.6 Å². The number of hydrogen-bond donors (Lipinski definition) is 2. The lowest BCUT2D eigenvalue weighted by Gasteiger charge is -2.41. The highest BCUT2D eigenvalue weighted by atomic mass is 16.4. The predicted molar refractivity (Wildman–Crippen MR) is 71.8 cm³/mol. The minimum absolute atomic E-state index is 0.0343. The van der Waals surface area contributed by atoms with Gasteiger partial charge in [-0.2, -0.15) is 0 Å². The molecule has 108 valence electrons. The number of likely N-dealkylation sites (tertiary alicyclic amines) is 1. The Morgan fingerprint density at radius 3 is 2.58 bits per heavy atom. The lowest BCUT2D eigenvalue weighted by atomic mass is 9.87. The highest BCUT2D eigenvalue weighted by Crippen LogP contribution is 2.30. The molecule has 0 aromatic heterocycles. The molecule has 5 heteroatoms. The average molecular weight is 268 g/mol. The number of aliphatic carboxylic acids is 1. The molecule has 19 heavy (non-hydrogen) atoms. The Labute approximate surface area is 114 Å². The monoisotopic (exact) mass is 268 g/mol. The van der Waals surface area contributed by atoms with E-state index in [4.69, 9.17) is 5.11 Å². The van der Waals surface area contributed by atoms with Crippen LogP contribution in [0, 0.1) is 23.7 Å². The van der Waals surface area contributed by atoms with Crippen molar-refractivity contribution >= 4 is 12.0 Å². The number of carboxylic acid groups (broad SMARTS) is 1. The van der Waals surface area contributed by atoms with Gasteiger partial charge >= 0.3 is 12.0 Å². The maximum absolute atomic E-state index is 11.9. The molecule has 1 heterocycles. The summed E-state index contributed by atoms with van der Waals surface area (Å²) in [5, 5.41) is 11.9. The van der Waals surface area contributed by atoms with E-state index in [2.05, 4.69) is 12.2 Å². The van der Waals surface area contributed by atoms with Crippen molar-refractivity contribution in [3.05, 3.63) is 0 Å². The van der Waals surface area contributed by atoms with E-state index in [-0.39, 0.29) is 17.9 Å². The van der Waals surface area contributed by atoms with Gasteiger partial charge in [0.15, 0.2) is 0 Å². The van der Waals surface area contributed by atoms with E-state index in [0.29, 0.717) is 24.9 Å². The first-order valence-corrected chi connectivity index (χ1v) is 7.24. The lowest BCUT2D eigenvalue weighted by molar-refractivity contribution is -0.144. The fourth-order valence-electron chi connectivity index (χ4n) is 3.05. The van der Waals surface area contributed by atoms with E-state index in [1.807, 2.05) is 0 Å². The summed E-state index contributed by atoms with van der Waals surface area (Å²) in [7, 11) is 0. The maximum Gasteiger partial charge on any atom is 0.317 e. The third-order valence-electron chi connectivity index (χ3n) is 4.85. The van der Waals surface area contributed by atoms with Gasteiger partial charge in [-0.1, -0.05) is 26.7 Å². The van der Waals surface area contributed by atoms with E-state index < -0.39 is 5.97 Å². The van der Waals surface area contributed by atoms with Crippen LogP contribution in [0.25, 0.3) is 0 Å². The quantitative estimate of drug-likeness (QED) is 0.816. The first-order chi connectivity index (χ1) is 8.99. The normalized spacial score (nSPS) is 28.8. The van der Waals surface area contributed by atoms with Crippen molar-refractivity contribution in [2.24, 2.45) is 23.7 Å². The van der Waals surface area contributed by atoms with Crippen LogP contribution in [0.4, 0.5) is 4.79 Å². The lowest BCUT2D eigenvalue weighted by Crippen LogP contribution is -2.56. The van der Waals surface area contributed by atoms with E-state index in [9.17, 15) is 9.59 Å². The molecule has 1 saturated heterocycles. The second kappa shape index (κ2) is 5.80. The maximum atomic E-state index is 11.9. The highest BCUT2D eigenvalue weighted by molar-refractivity contribution is 5.76. The molecule has 0 aromatic rings. The van der Waals surface area contributed by atoms with Crippen LogP contribution in [0.15, 0.2) is 0 Å². The van der Waals surface area contributed by atoms with Gasteiger partial charge < -0.3 is 15.3 Å². The summed E-state index contributed by atoms with van der Waals surface area (Å²) in [4.78, 5) is 24.4. The van der Waals surface area contributed by atoms with Crippen LogP contribution in [-0.2, 0) is 4.79 Å². The SMILES string of the molecule is CC1CCCC1CNC(=O)N1CC(C(C)C(=O)O)C1. The second-order valence-corrected chi connectivity index (χ2v) is 6.15. The van der Waals surface area contributed by atoms with Crippen LogP contribution in [0.1, 0.15) is 33.1 Å². The Morgan fingerprint density at radius 2 is 2.05 bits per heavy atom. The molecular weight excluding hydrogens is 244 g/mol. The predicted octanol–water partition coefficient (Wildman–Crippen LogP) is 1.78. The summed E-state index contributed by atoms with van der Waals surface area (Å²) >= 11 is 0. The molecular formula is C14H24N2O3. The first kappa shape index (κ1) is 14.2. The standard InChI is InChI=1S/C14H24N2O3/c1-9-4-3-5-11(9)6-15-14(19)16-7-12(8-16)10(2)13(17)18/h9-12H,3-8H2,1-2H3,(H,15,19)(H,17,18). The number of carbonyl (C=O) groups is 2. The van der Waals surface area contributed by atoms with Gasteiger partial charge in [-0.25, -0.2) is 4.79 Å². The first-order valence-electron chi connectivity index (χ1n) is 7.24. The van der Waals surface area contributed by atoms with Crippen LogP contribution in [0.2, 0.25) is 0 Å². The average Bonchev–Trinajstić information content (AvgIpc) is 2.70. The molecule has 1 aliphatic heterocycles. The zero-order chi connectivity index (χ0) is 14.0. The molecule has 3 atom stereocenters. The number of urea groups is 1. The van der Waals surface area contributed by atoms with Crippen LogP contribution >= 0.6 is 0 Å². The van der Waals surface area contributed by atoms with Crippen LogP contribution in [0.5, 0.6) is 0 Å². The van der Waals surface area contributed by atoms with Crippen molar-refractivity contribution in [2.45, 2.75) is 33.1 Å². The van der Waals surface area contributed by atoms with Crippen LogP contribution < -0.4 is 5.32 Å². The van der Waals surface area contributed by atoms with Gasteiger partial charge in [-0.3, -0.25) is 4.79 Å². The Hall–Kier alpha value is -1.26. The molecule has 1 aliphatic carbocycles. The van der Waals surface area contributed by atoms with Crippen molar-refractivity contribution in [2.75, 3.05) is 19.6 Å². The molecule has 3 unspecified atom stereocenters. The van der Waals surface area contributed by atoms with Gasteiger partial charge in [0.2, 0.25) is 0 Å². The minimum Gasteiger partial charge on any atom is -0.481 e. The molecule has 2 aliphatic rings. The zero-order valence-corrected chi connectivity index (χ0v) is 11.8. The fraction of sp³-hybridized carbons (Fsp3) is 0.857. The smallest absolute Gasteiger partial charge is 0.317 e. The number of nitrogens with one attached hydrogen (secondary N) is 1.